The molecule has 0 amide bonds. The van der Waals surface area contributed by atoms with Gasteiger partial charge in [-0.1, -0.05) is 13.0 Å². The second kappa shape index (κ2) is 6.21. The molecule has 12 heavy (non-hydrogen) atoms. The van der Waals surface area contributed by atoms with Crippen LogP contribution in [0.15, 0.2) is 17.5 Å². The molecule has 0 aromatic carbocycles. The van der Waals surface area contributed by atoms with Gasteiger partial charge in [0.25, 0.3) is 0 Å². The average Bonchev–Trinajstić information content (AvgIpc) is 2.57. The van der Waals surface area contributed by atoms with E-state index in [1.165, 1.54) is 30.7 Å². The lowest BCUT2D eigenvalue weighted by molar-refractivity contribution is 0.643. The summed E-state index contributed by atoms with van der Waals surface area (Å²) in [7, 11) is 0. The third-order valence-electron chi connectivity index (χ3n) is 1.86. The highest BCUT2D eigenvalue weighted by Crippen LogP contribution is 2.11. The number of thiophene rings is 1. The van der Waals surface area contributed by atoms with Crippen molar-refractivity contribution in [2.45, 2.75) is 26.2 Å². The molecule has 0 saturated carbocycles. The van der Waals surface area contributed by atoms with Gasteiger partial charge in [0.2, 0.25) is 0 Å². The lowest BCUT2D eigenvalue weighted by atomic mass is 10.2. The Hall–Kier alpha value is -0.340. The number of hydrogen-bond donors (Lipinski definition) is 1. The van der Waals surface area contributed by atoms with Crippen LogP contribution in [0.2, 0.25) is 0 Å². The van der Waals surface area contributed by atoms with E-state index in [0.29, 0.717) is 0 Å². The van der Waals surface area contributed by atoms with Crippen molar-refractivity contribution < 1.29 is 0 Å². The summed E-state index contributed by atoms with van der Waals surface area (Å²) in [5.41, 5.74) is 0. The second-order valence-electron chi connectivity index (χ2n) is 2.89. The minimum absolute atomic E-state index is 1.10. The number of rotatable bonds is 6. The molecule has 0 saturated heterocycles. The van der Waals surface area contributed by atoms with E-state index in [2.05, 4.69) is 29.8 Å². The van der Waals surface area contributed by atoms with Gasteiger partial charge in [-0.05, 0) is 43.8 Å². The van der Waals surface area contributed by atoms with Crippen LogP contribution in [0.25, 0.3) is 0 Å². The highest BCUT2D eigenvalue weighted by Gasteiger charge is 1.92. The van der Waals surface area contributed by atoms with Crippen LogP contribution in [0.1, 0.15) is 24.6 Å². The van der Waals surface area contributed by atoms with Crippen molar-refractivity contribution in [2.24, 2.45) is 0 Å². The summed E-state index contributed by atoms with van der Waals surface area (Å²) in [5.74, 6) is 0. The van der Waals surface area contributed by atoms with Gasteiger partial charge in [-0.3, -0.25) is 0 Å². The molecule has 0 radical (unpaired) electrons. The number of nitrogens with one attached hydrogen (secondary N) is 1. The topological polar surface area (TPSA) is 12.0 Å². The molecule has 0 bridgehead atoms. The third kappa shape index (κ3) is 3.88. The largest absolute Gasteiger partial charge is 0.317 e. The van der Waals surface area contributed by atoms with Crippen LogP contribution in [-0.4, -0.2) is 13.1 Å². The Balaban J connectivity index is 1.96. The van der Waals surface area contributed by atoms with Gasteiger partial charge in [-0.15, -0.1) is 11.3 Å². The van der Waals surface area contributed by atoms with Crippen LogP contribution in [0, 0.1) is 0 Å². The predicted octanol–water partition coefficient (Wildman–Crippen LogP) is 2.68. The molecule has 1 aromatic heterocycles. The summed E-state index contributed by atoms with van der Waals surface area (Å²) in [4.78, 5) is 1.52. The number of aryl methyl sites for hydroxylation is 1. The van der Waals surface area contributed by atoms with Gasteiger partial charge in [0.15, 0.2) is 0 Å². The molecule has 0 aliphatic carbocycles. The lowest BCUT2D eigenvalue weighted by Gasteiger charge is -1.99. The Morgan fingerprint density at radius 1 is 1.42 bits per heavy atom. The average molecular weight is 183 g/mol. The van der Waals surface area contributed by atoms with E-state index in [1.54, 1.807) is 0 Å². The summed E-state index contributed by atoms with van der Waals surface area (Å²) in [5, 5.41) is 5.48. The van der Waals surface area contributed by atoms with Crippen LogP contribution in [0.5, 0.6) is 0 Å². The van der Waals surface area contributed by atoms with Crippen molar-refractivity contribution in [3.8, 4) is 0 Å². The van der Waals surface area contributed by atoms with Crippen LogP contribution in [0.4, 0.5) is 0 Å². The van der Waals surface area contributed by atoms with Gasteiger partial charge in [0.1, 0.15) is 0 Å². The molecule has 0 spiro atoms. The predicted molar refractivity (Wildman–Crippen MR) is 55.8 cm³/mol. The van der Waals surface area contributed by atoms with Crippen molar-refractivity contribution in [2.75, 3.05) is 13.1 Å². The van der Waals surface area contributed by atoms with Crippen molar-refractivity contribution in [1.82, 2.24) is 5.32 Å². The van der Waals surface area contributed by atoms with E-state index in [-0.39, 0.29) is 0 Å². The summed E-state index contributed by atoms with van der Waals surface area (Å²) in [6, 6.07) is 4.35. The molecule has 0 fully saturated rings. The van der Waals surface area contributed by atoms with Crippen LogP contribution >= 0.6 is 11.3 Å². The Kier molecular flexibility index (Phi) is 5.04. The van der Waals surface area contributed by atoms with Crippen molar-refractivity contribution >= 4 is 11.3 Å². The van der Waals surface area contributed by atoms with Crippen molar-refractivity contribution in [1.29, 1.82) is 0 Å². The molecule has 1 heterocycles. The third-order valence-corrected chi connectivity index (χ3v) is 2.79. The first-order chi connectivity index (χ1) is 5.93. The molecule has 1 rings (SSSR count). The molecule has 0 aliphatic rings. The standard InChI is InChI=1S/C10H17NS/c1-2-11-8-4-3-6-10-7-5-9-12-10/h5,7,9,11H,2-4,6,8H2,1H3. The maximum Gasteiger partial charge on any atom is 0.00452 e. The van der Waals surface area contributed by atoms with Crippen molar-refractivity contribution in [3.05, 3.63) is 22.4 Å². The molecular weight excluding hydrogens is 166 g/mol. The van der Waals surface area contributed by atoms with E-state index < -0.39 is 0 Å². The molecule has 1 aromatic rings. The van der Waals surface area contributed by atoms with Crippen molar-refractivity contribution in [3.63, 3.8) is 0 Å². The first-order valence-corrected chi connectivity index (χ1v) is 5.54. The van der Waals surface area contributed by atoms with Gasteiger partial charge in [0.05, 0.1) is 0 Å². The summed E-state index contributed by atoms with van der Waals surface area (Å²) in [6.07, 6.45) is 3.86. The van der Waals surface area contributed by atoms with Gasteiger partial charge < -0.3 is 5.32 Å². The SMILES string of the molecule is CCNCCCCc1cccs1. The van der Waals surface area contributed by atoms with Gasteiger partial charge in [-0.2, -0.15) is 0 Å². The molecule has 1 nitrogen and oxygen atoms in total. The first-order valence-electron chi connectivity index (χ1n) is 4.66. The lowest BCUT2D eigenvalue weighted by Crippen LogP contribution is -2.13. The molecule has 0 unspecified atom stereocenters. The fourth-order valence-corrected chi connectivity index (χ4v) is 1.93. The van der Waals surface area contributed by atoms with E-state index in [4.69, 9.17) is 0 Å². The zero-order valence-electron chi connectivity index (χ0n) is 7.68. The summed E-state index contributed by atoms with van der Waals surface area (Å²) < 4.78 is 0. The van der Waals surface area contributed by atoms with Gasteiger partial charge in [-0.25, -0.2) is 0 Å². The Morgan fingerprint density at radius 2 is 2.33 bits per heavy atom. The van der Waals surface area contributed by atoms with Crippen LogP contribution < -0.4 is 5.32 Å². The maximum absolute atomic E-state index is 3.33. The summed E-state index contributed by atoms with van der Waals surface area (Å²) >= 11 is 1.87. The normalized spacial score (nSPS) is 10.4. The molecular formula is C10H17NS. The zero-order chi connectivity index (χ0) is 8.65. The quantitative estimate of drug-likeness (QED) is 0.669. The molecule has 1 N–H and O–H groups in total. The molecule has 0 atom stereocenters. The maximum atomic E-state index is 3.33. The monoisotopic (exact) mass is 183 g/mol. The minimum Gasteiger partial charge on any atom is -0.317 e. The molecule has 2 heteroatoms. The van der Waals surface area contributed by atoms with Gasteiger partial charge >= 0.3 is 0 Å². The Bertz CT molecular complexity index is 182. The Labute approximate surface area is 78.8 Å². The number of unbranched alkanes of at least 4 members (excludes halogenated alkanes) is 1. The second-order valence-corrected chi connectivity index (χ2v) is 3.92. The van der Waals surface area contributed by atoms with E-state index >= 15 is 0 Å². The van der Waals surface area contributed by atoms with E-state index in [9.17, 15) is 0 Å². The van der Waals surface area contributed by atoms with Crippen LogP contribution in [0.3, 0.4) is 0 Å². The first kappa shape index (κ1) is 9.75. The fraction of sp³-hybridized carbons (Fsp3) is 0.600. The highest BCUT2D eigenvalue weighted by atomic mass is 32.1. The smallest absolute Gasteiger partial charge is 0.00452 e. The summed E-state index contributed by atoms with van der Waals surface area (Å²) in [6.45, 7) is 4.42. The molecule has 0 aliphatic heterocycles. The highest BCUT2D eigenvalue weighted by molar-refractivity contribution is 7.09. The van der Waals surface area contributed by atoms with E-state index in [0.717, 1.165) is 6.54 Å². The van der Waals surface area contributed by atoms with Crippen LogP contribution in [-0.2, 0) is 6.42 Å². The zero-order valence-corrected chi connectivity index (χ0v) is 8.49. The molecule has 68 valence electrons. The number of hydrogen-bond acceptors (Lipinski definition) is 2. The fourth-order valence-electron chi connectivity index (χ4n) is 1.18. The van der Waals surface area contributed by atoms with E-state index in [1.807, 2.05) is 11.3 Å². The Morgan fingerprint density at radius 3 is 3.00 bits per heavy atom. The van der Waals surface area contributed by atoms with Gasteiger partial charge in [0, 0.05) is 4.88 Å². The minimum atomic E-state index is 1.10.